The zero-order valence-corrected chi connectivity index (χ0v) is 13.8. The van der Waals surface area contributed by atoms with Crippen LogP contribution >= 0.6 is 15.9 Å². The van der Waals surface area contributed by atoms with E-state index in [9.17, 15) is 18.8 Å². The first-order valence-corrected chi connectivity index (χ1v) is 8.15. The monoisotopic (exact) mass is 383 g/mol. The lowest BCUT2D eigenvalue weighted by Gasteiger charge is -2.30. The number of halogens is 2. The fourth-order valence-electron chi connectivity index (χ4n) is 3.05. The van der Waals surface area contributed by atoms with Gasteiger partial charge in [-0.2, -0.15) is 5.01 Å². The summed E-state index contributed by atoms with van der Waals surface area (Å²) in [5, 5.41) is 3.39. The van der Waals surface area contributed by atoms with Crippen LogP contribution in [0.5, 0.6) is 0 Å². The third-order valence-electron chi connectivity index (χ3n) is 4.26. The molecular weight excluding hydrogens is 369 g/mol. The highest BCUT2D eigenvalue weighted by Gasteiger charge is 2.52. The van der Waals surface area contributed by atoms with Crippen LogP contribution in [0.4, 0.5) is 9.18 Å². The third kappa shape index (κ3) is 2.83. The van der Waals surface area contributed by atoms with Gasteiger partial charge in [0.05, 0.1) is 5.56 Å². The molecule has 8 heteroatoms. The topological polar surface area (TPSA) is 78.5 Å². The second kappa shape index (κ2) is 5.92. The van der Waals surface area contributed by atoms with E-state index < -0.39 is 29.2 Å². The van der Waals surface area contributed by atoms with Gasteiger partial charge in [-0.3, -0.25) is 15.0 Å². The Morgan fingerprint density at radius 3 is 2.65 bits per heavy atom. The molecule has 0 atom stereocenters. The maximum Gasteiger partial charge on any atom is 0.344 e. The number of nitrogens with zero attached hydrogens (tertiary/aromatic N) is 1. The lowest BCUT2D eigenvalue weighted by atomic mass is 9.82. The molecule has 2 fully saturated rings. The van der Waals surface area contributed by atoms with Crippen LogP contribution in [0.2, 0.25) is 0 Å². The van der Waals surface area contributed by atoms with Crippen molar-refractivity contribution >= 4 is 33.8 Å². The lowest BCUT2D eigenvalue weighted by molar-refractivity contribution is -0.134. The summed E-state index contributed by atoms with van der Waals surface area (Å²) in [6.45, 7) is 0. The van der Waals surface area contributed by atoms with Crippen molar-refractivity contribution in [3.8, 4) is 0 Å². The normalized spacial score (nSPS) is 19.8. The molecule has 1 saturated heterocycles. The minimum absolute atomic E-state index is 0.00944. The van der Waals surface area contributed by atoms with Crippen molar-refractivity contribution in [2.45, 2.75) is 37.6 Å². The highest BCUT2D eigenvalue weighted by molar-refractivity contribution is 9.10. The van der Waals surface area contributed by atoms with Crippen molar-refractivity contribution in [3.05, 3.63) is 34.1 Å². The van der Waals surface area contributed by atoms with Crippen LogP contribution in [0.15, 0.2) is 22.7 Å². The molecule has 2 N–H and O–H groups in total. The number of hydrazine groups is 1. The molecule has 1 spiro atoms. The molecule has 0 radical (unpaired) electrons. The quantitative estimate of drug-likeness (QED) is 0.770. The number of urea groups is 1. The Morgan fingerprint density at radius 2 is 1.96 bits per heavy atom. The molecule has 0 unspecified atom stereocenters. The first-order chi connectivity index (χ1) is 10.9. The molecule has 1 aliphatic heterocycles. The number of amides is 4. The predicted molar refractivity (Wildman–Crippen MR) is 82.8 cm³/mol. The molecule has 1 heterocycles. The molecular formula is C15H15BrFN3O3. The summed E-state index contributed by atoms with van der Waals surface area (Å²) >= 11 is 3.15. The minimum Gasteiger partial charge on any atom is -0.322 e. The molecule has 2 aliphatic rings. The number of rotatable bonds is 2. The van der Waals surface area contributed by atoms with Crippen molar-refractivity contribution in [1.29, 1.82) is 0 Å². The van der Waals surface area contributed by atoms with E-state index in [4.69, 9.17) is 0 Å². The van der Waals surface area contributed by atoms with Crippen molar-refractivity contribution < 1.29 is 18.8 Å². The predicted octanol–water partition coefficient (Wildman–Crippen LogP) is 2.49. The second-order valence-electron chi connectivity index (χ2n) is 5.78. The molecule has 6 nitrogen and oxygen atoms in total. The van der Waals surface area contributed by atoms with Gasteiger partial charge in [-0.25, -0.2) is 9.18 Å². The van der Waals surface area contributed by atoms with Crippen LogP contribution in [0.1, 0.15) is 42.5 Å². The van der Waals surface area contributed by atoms with Gasteiger partial charge in [-0.15, -0.1) is 0 Å². The van der Waals surface area contributed by atoms with Gasteiger partial charge in [0, 0.05) is 4.47 Å². The number of carbonyl (C=O) groups is 3. The number of benzene rings is 1. The molecule has 1 aromatic carbocycles. The Balaban J connectivity index is 1.80. The summed E-state index contributed by atoms with van der Waals surface area (Å²) in [6, 6.07) is 2.97. The Kier molecular flexibility index (Phi) is 4.09. The molecule has 1 saturated carbocycles. The number of hydrogen-bond acceptors (Lipinski definition) is 3. The minimum atomic E-state index is -0.915. The Morgan fingerprint density at radius 1 is 1.26 bits per heavy atom. The first kappa shape index (κ1) is 15.9. The summed E-state index contributed by atoms with van der Waals surface area (Å²) in [4.78, 5) is 36.9. The van der Waals surface area contributed by atoms with E-state index in [1.165, 1.54) is 12.1 Å². The molecule has 1 aromatic rings. The van der Waals surface area contributed by atoms with Crippen LogP contribution in [0, 0.1) is 5.82 Å². The van der Waals surface area contributed by atoms with Gasteiger partial charge >= 0.3 is 6.03 Å². The van der Waals surface area contributed by atoms with Gasteiger partial charge in [0.2, 0.25) is 0 Å². The average molecular weight is 384 g/mol. The Hall–Kier alpha value is -1.96. The van der Waals surface area contributed by atoms with Crippen molar-refractivity contribution in [2.24, 2.45) is 0 Å². The van der Waals surface area contributed by atoms with Gasteiger partial charge < -0.3 is 5.32 Å². The van der Waals surface area contributed by atoms with Crippen LogP contribution in [-0.4, -0.2) is 28.4 Å². The molecule has 3 rings (SSSR count). The molecule has 0 aromatic heterocycles. The van der Waals surface area contributed by atoms with Gasteiger partial charge in [-0.05, 0) is 47.0 Å². The Labute approximate surface area is 140 Å². The van der Waals surface area contributed by atoms with E-state index in [1.807, 2.05) is 0 Å². The molecule has 122 valence electrons. The average Bonchev–Trinajstić information content (AvgIpc) is 2.74. The largest absolute Gasteiger partial charge is 0.344 e. The van der Waals surface area contributed by atoms with Gasteiger partial charge in [0.25, 0.3) is 11.8 Å². The smallest absolute Gasteiger partial charge is 0.322 e. The Bertz CT molecular complexity index is 689. The number of hydrogen-bond donors (Lipinski definition) is 2. The summed E-state index contributed by atoms with van der Waals surface area (Å²) in [5.74, 6) is -1.77. The van der Waals surface area contributed by atoms with Crippen molar-refractivity contribution in [2.75, 3.05) is 0 Å². The van der Waals surface area contributed by atoms with Crippen LogP contribution < -0.4 is 10.7 Å². The van der Waals surface area contributed by atoms with E-state index in [0.717, 1.165) is 25.3 Å². The molecule has 0 bridgehead atoms. The maximum absolute atomic E-state index is 13.3. The van der Waals surface area contributed by atoms with E-state index in [2.05, 4.69) is 26.7 Å². The van der Waals surface area contributed by atoms with E-state index in [0.29, 0.717) is 22.3 Å². The van der Waals surface area contributed by atoms with Gasteiger partial charge in [0.1, 0.15) is 11.4 Å². The summed E-state index contributed by atoms with van der Waals surface area (Å²) in [6.07, 6.45) is 3.85. The van der Waals surface area contributed by atoms with Crippen molar-refractivity contribution in [3.63, 3.8) is 0 Å². The SMILES string of the molecule is O=C(NN1C(=O)NC2(CCCCC2)C1=O)c1cc(F)ccc1Br. The summed E-state index contributed by atoms with van der Waals surface area (Å²) < 4.78 is 13.7. The van der Waals surface area contributed by atoms with Crippen LogP contribution in [0.3, 0.4) is 0 Å². The molecule has 1 aliphatic carbocycles. The molecule has 23 heavy (non-hydrogen) atoms. The van der Waals surface area contributed by atoms with Crippen LogP contribution in [-0.2, 0) is 4.79 Å². The van der Waals surface area contributed by atoms with Crippen LogP contribution in [0.25, 0.3) is 0 Å². The maximum atomic E-state index is 13.3. The summed E-state index contributed by atoms with van der Waals surface area (Å²) in [5.41, 5.74) is 1.37. The molecule has 4 amide bonds. The van der Waals surface area contributed by atoms with E-state index in [1.54, 1.807) is 0 Å². The number of carbonyl (C=O) groups excluding carboxylic acids is 3. The van der Waals surface area contributed by atoms with Gasteiger partial charge in [-0.1, -0.05) is 19.3 Å². The lowest BCUT2D eigenvalue weighted by Crippen LogP contribution is -2.51. The number of nitrogens with one attached hydrogen (secondary N) is 2. The van der Waals surface area contributed by atoms with E-state index >= 15 is 0 Å². The summed E-state index contributed by atoms with van der Waals surface area (Å²) in [7, 11) is 0. The van der Waals surface area contributed by atoms with E-state index in [-0.39, 0.29) is 5.56 Å². The fraction of sp³-hybridized carbons (Fsp3) is 0.400. The highest BCUT2D eigenvalue weighted by Crippen LogP contribution is 2.33. The zero-order chi connectivity index (χ0) is 16.6. The zero-order valence-electron chi connectivity index (χ0n) is 12.2. The van der Waals surface area contributed by atoms with Gasteiger partial charge in [0.15, 0.2) is 0 Å². The second-order valence-corrected chi connectivity index (χ2v) is 6.63. The first-order valence-electron chi connectivity index (χ1n) is 7.36. The number of imide groups is 1. The highest BCUT2D eigenvalue weighted by atomic mass is 79.9. The third-order valence-corrected chi connectivity index (χ3v) is 4.95. The fourth-order valence-corrected chi connectivity index (χ4v) is 3.48. The standard InChI is InChI=1S/C15H15BrFN3O3/c16-11-5-4-9(17)8-10(11)12(21)19-20-13(22)15(18-14(20)23)6-2-1-3-7-15/h4-5,8H,1-3,6-7H2,(H,18,23)(H,19,21). The van der Waals surface area contributed by atoms with Crippen molar-refractivity contribution in [1.82, 2.24) is 15.8 Å².